The van der Waals surface area contributed by atoms with E-state index in [-0.39, 0.29) is 11.7 Å². The second kappa shape index (κ2) is 5.28. The van der Waals surface area contributed by atoms with Crippen LogP contribution < -0.4 is 11.1 Å². The summed E-state index contributed by atoms with van der Waals surface area (Å²) in [4.78, 5) is 12.0. The molecular weight excluding hydrogens is 267 g/mol. The van der Waals surface area contributed by atoms with E-state index in [0.29, 0.717) is 27.5 Å². The molecule has 2 aromatic rings. The number of nitrogens with one attached hydrogen (secondary N) is 1. The number of anilines is 2. The van der Waals surface area contributed by atoms with Gasteiger partial charge in [-0.2, -0.15) is 0 Å². The van der Waals surface area contributed by atoms with Crippen LogP contribution in [0.2, 0.25) is 5.02 Å². The van der Waals surface area contributed by atoms with Gasteiger partial charge in [0.1, 0.15) is 5.82 Å². The molecule has 0 spiro atoms. The summed E-state index contributed by atoms with van der Waals surface area (Å²) in [6.45, 7) is 1.60. The van der Waals surface area contributed by atoms with Gasteiger partial charge in [0.15, 0.2) is 0 Å². The van der Waals surface area contributed by atoms with E-state index in [0.717, 1.165) is 0 Å². The van der Waals surface area contributed by atoms with E-state index in [9.17, 15) is 9.18 Å². The van der Waals surface area contributed by atoms with Crippen molar-refractivity contribution >= 4 is 28.9 Å². The third-order valence-corrected chi connectivity index (χ3v) is 2.92. The van der Waals surface area contributed by atoms with Crippen molar-refractivity contribution in [1.29, 1.82) is 0 Å². The molecule has 0 aliphatic carbocycles. The van der Waals surface area contributed by atoms with Gasteiger partial charge in [-0.1, -0.05) is 11.6 Å². The smallest absolute Gasteiger partial charge is 0.255 e. The molecule has 0 atom stereocenters. The molecule has 0 saturated carbocycles. The molecule has 3 nitrogen and oxygen atoms in total. The number of hydrogen-bond acceptors (Lipinski definition) is 2. The van der Waals surface area contributed by atoms with Gasteiger partial charge in [-0.3, -0.25) is 4.79 Å². The summed E-state index contributed by atoms with van der Waals surface area (Å²) < 4.78 is 13.1. The molecule has 0 fully saturated rings. The topological polar surface area (TPSA) is 55.1 Å². The van der Waals surface area contributed by atoms with Crippen molar-refractivity contribution in [3.8, 4) is 0 Å². The molecule has 2 rings (SSSR count). The predicted molar refractivity (Wildman–Crippen MR) is 75.0 cm³/mol. The van der Waals surface area contributed by atoms with Gasteiger partial charge in [0.2, 0.25) is 0 Å². The number of aryl methyl sites for hydroxylation is 1. The summed E-state index contributed by atoms with van der Waals surface area (Å²) in [6, 6.07) is 8.96. The second-order valence-electron chi connectivity index (χ2n) is 4.15. The fourth-order valence-corrected chi connectivity index (χ4v) is 1.81. The highest BCUT2D eigenvalue weighted by Crippen LogP contribution is 2.23. The summed E-state index contributed by atoms with van der Waals surface area (Å²) >= 11 is 5.77. The molecule has 0 bridgehead atoms. The van der Waals surface area contributed by atoms with Gasteiger partial charge in [-0.05, 0) is 48.9 Å². The monoisotopic (exact) mass is 278 g/mol. The third kappa shape index (κ3) is 3.03. The van der Waals surface area contributed by atoms with Crippen molar-refractivity contribution in [2.24, 2.45) is 0 Å². The summed E-state index contributed by atoms with van der Waals surface area (Å²) in [6.07, 6.45) is 0. The fourth-order valence-electron chi connectivity index (χ4n) is 1.63. The first-order valence-electron chi connectivity index (χ1n) is 5.60. The minimum absolute atomic E-state index is 0.345. The Hall–Kier alpha value is -2.07. The van der Waals surface area contributed by atoms with Gasteiger partial charge in [-0.15, -0.1) is 0 Å². The van der Waals surface area contributed by atoms with Gasteiger partial charge < -0.3 is 11.1 Å². The van der Waals surface area contributed by atoms with Crippen molar-refractivity contribution in [3.63, 3.8) is 0 Å². The highest BCUT2D eigenvalue weighted by molar-refractivity contribution is 6.31. The molecule has 0 aliphatic rings. The standard InChI is InChI=1S/C14H12ClFN2O/c1-8-6-9(2-4-11(8)16)14(19)18-13-5-3-10(15)7-12(13)17/h2-7H,17H2,1H3,(H,18,19). The molecule has 2 aromatic carbocycles. The Balaban J connectivity index is 2.23. The molecule has 19 heavy (non-hydrogen) atoms. The minimum Gasteiger partial charge on any atom is -0.397 e. The Morgan fingerprint density at radius 1 is 1.26 bits per heavy atom. The van der Waals surface area contributed by atoms with E-state index in [4.69, 9.17) is 17.3 Å². The quantitative estimate of drug-likeness (QED) is 0.824. The normalized spacial score (nSPS) is 10.3. The van der Waals surface area contributed by atoms with Crippen LogP contribution in [0.3, 0.4) is 0 Å². The highest BCUT2D eigenvalue weighted by Gasteiger charge is 2.09. The molecule has 0 heterocycles. The van der Waals surface area contributed by atoms with Crippen molar-refractivity contribution in [3.05, 3.63) is 58.4 Å². The summed E-state index contributed by atoms with van der Waals surface area (Å²) in [5.74, 6) is -0.695. The van der Waals surface area contributed by atoms with Crippen molar-refractivity contribution in [1.82, 2.24) is 0 Å². The van der Waals surface area contributed by atoms with Crippen molar-refractivity contribution in [2.45, 2.75) is 6.92 Å². The van der Waals surface area contributed by atoms with E-state index in [1.807, 2.05) is 0 Å². The molecule has 0 saturated heterocycles. The summed E-state index contributed by atoms with van der Waals surface area (Å²) in [5, 5.41) is 3.15. The average molecular weight is 279 g/mol. The first kappa shape index (κ1) is 13.4. The SMILES string of the molecule is Cc1cc(C(=O)Nc2ccc(Cl)cc2N)ccc1F. The van der Waals surface area contributed by atoms with Crippen LogP contribution in [0.5, 0.6) is 0 Å². The summed E-state index contributed by atoms with van der Waals surface area (Å²) in [7, 11) is 0. The number of nitrogen functional groups attached to an aromatic ring is 1. The lowest BCUT2D eigenvalue weighted by Gasteiger charge is -2.09. The van der Waals surface area contributed by atoms with Gasteiger partial charge in [0.05, 0.1) is 11.4 Å². The van der Waals surface area contributed by atoms with E-state index < -0.39 is 0 Å². The fraction of sp³-hybridized carbons (Fsp3) is 0.0714. The van der Waals surface area contributed by atoms with Crippen LogP contribution in [0, 0.1) is 12.7 Å². The zero-order valence-corrected chi connectivity index (χ0v) is 11.0. The maximum absolute atomic E-state index is 13.1. The second-order valence-corrected chi connectivity index (χ2v) is 4.59. The Morgan fingerprint density at radius 3 is 2.63 bits per heavy atom. The lowest BCUT2D eigenvalue weighted by Crippen LogP contribution is -2.13. The van der Waals surface area contributed by atoms with Gasteiger partial charge in [0.25, 0.3) is 5.91 Å². The molecule has 5 heteroatoms. The molecule has 0 unspecified atom stereocenters. The lowest BCUT2D eigenvalue weighted by atomic mass is 10.1. The predicted octanol–water partition coefficient (Wildman–Crippen LogP) is 3.62. The zero-order chi connectivity index (χ0) is 14.0. The average Bonchev–Trinajstić information content (AvgIpc) is 2.36. The molecule has 1 amide bonds. The molecule has 0 radical (unpaired) electrons. The van der Waals surface area contributed by atoms with E-state index in [2.05, 4.69) is 5.32 Å². The number of rotatable bonds is 2. The number of nitrogens with two attached hydrogens (primary N) is 1. The van der Waals surface area contributed by atoms with Crippen LogP contribution in [0.25, 0.3) is 0 Å². The van der Waals surface area contributed by atoms with E-state index in [1.54, 1.807) is 25.1 Å². The number of halogens is 2. The molecular formula is C14H12ClFN2O. The largest absolute Gasteiger partial charge is 0.397 e. The Morgan fingerprint density at radius 2 is 2.00 bits per heavy atom. The minimum atomic E-state index is -0.350. The van der Waals surface area contributed by atoms with Crippen LogP contribution in [0.15, 0.2) is 36.4 Å². The number of carbonyl (C=O) groups excluding carboxylic acids is 1. The van der Waals surface area contributed by atoms with E-state index >= 15 is 0 Å². The number of hydrogen-bond donors (Lipinski definition) is 2. The van der Waals surface area contributed by atoms with E-state index in [1.165, 1.54) is 18.2 Å². The van der Waals surface area contributed by atoms with Crippen molar-refractivity contribution in [2.75, 3.05) is 11.1 Å². The van der Waals surface area contributed by atoms with Crippen molar-refractivity contribution < 1.29 is 9.18 Å². The maximum atomic E-state index is 13.1. The van der Waals surface area contributed by atoms with Crippen LogP contribution in [-0.4, -0.2) is 5.91 Å². The zero-order valence-electron chi connectivity index (χ0n) is 10.2. The third-order valence-electron chi connectivity index (χ3n) is 2.68. The number of amides is 1. The van der Waals surface area contributed by atoms with Gasteiger partial charge in [0, 0.05) is 10.6 Å². The Bertz CT molecular complexity index is 643. The molecule has 0 aliphatic heterocycles. The number of carbonyl (C=O) groups is 1. The van der Waals surface area contributed by atoms with Gasteiger partial charge >= 0.3 is 0 Å². The Kier molecular flexibility index (Phi) is 3.71. The first-order valence-corrected chi connectivity index (χ1v) is 5.97. The van der Waals surface area contributed by atoms with Crippen LogP contribution in [0.1, 0.15) is 15.9 Å². The first-order chi connectivity index (χ1) is 8.97. The Labute approximate surface area is 115 Å². The lowest BCUT2D eigenvalue weighted by molar-refractivity contribution is 0.102. The van der Waals surface area contributed by atoms with Crippen LogP contribution in [-0.2, 0) is 0 Å². The van der Waals surface area contributed by atoms with Gasteiger partial charge in [-0.25, -0.2) is 4.39 Å². The molecule has 98 valence electrons. The number of benzene rings is 2. The summed E-state index contributed by atoms with van der Waals surface area (Å²) in [5.41, 5.74) is 7.37. The molecule has 3 N–H and O–H groups in total. The van der Waals surface area contributed by atoms with Crippen LogP contribution in [0.4, 0.5) is 15.8 Å². The van der Waals surface area contributed by atoms with Crippen LogP contribution >= 0.6 is 11.6 Å². The highest BCUT2D eigenvalue weighted by atomic mass is 35.5. The maximum Gasteiger partial charge on any atom is 0.255 e. The molecule has 0 aromatic heterocycles.